The Morgan fingerprint density at radius 3 is 2.72 bits per heavy atom. The van der Waals surface area contributed by atoms with Crippen molar-refractivity contribution in [3.8, 4) is 0 Å². The van der Waals surface area contributed by atoms with Crippen LogP contribution in [-0.4, -0.2) is 27.9 Å². The molecule has 1 rings (SSSR count). The number of hydrogen-bond donors (Lipinski definition) is 2. The number of nitrogens with zero attached hydrogens (tertiary/aromatic N) is 2. The number of rotatable bonds is 6. The van der Waals surface area contributed by atoms with E-state index in [9.17, 15) is 9.59 Å². The first-order valence-electron chi connectivity index (χ1n) is 6.05. The molecule has 1 atom stereocenters. The van der Waals surface area contributed by atoms with Gasteiger partial charge in [-0.25, -0.2) is 4.98 Å². The third-order valence-corrected chi connectivity index (χ3v) is 2.58. The minimum absolute atomic E-state index is 0.0000293. The Balaban J connectivity index is 2.61. The fourth-order valence-electron chi connectivity index (χ4n) is 1.72. The molecule has 0 aliphatic heterocycles. The van der Waals surface area contributed by atoms with Gasteiger partial charge in [0.2, 0.25) is 11.8 Å². The van der Waals surface area contributed by atoms with Crippen LogP contribution >= 0.6 is 0 Å². The van der Waals surface area contributed by atoms with Gasteiger partial charge in [0.15, 0.2) is 0 Å². The standard InChI is InChI=1S/C12H20N4O2/c1-4-5-10(12-13-6-7-16(12)3)15-11(18)8-14-9(2)17/h6-7,10H,4-5,8H2,1-3H3,(H,14,17)(H,15,18)/t10-/m0/s1. The summed E-state index contributed by atoms with van der Waals surface area (Å²) < 4.78 is 1.89. The fourth-order valence-corrected chi connectivity index (χ4v) is 1.72. The minimum atomic E-state index is -0.214. The van der Waals surface area contributed by atoms with Gasteiger partial charge in [0.05, 0.1) is 12.6 Å². The molecule has 0 saturated carbocycles. The van der Waals surface area contributed by atoms with Crippen molar-refractivity contribution in [2.45, 2.75) is 32.7 Å². The van der Waals surface area contributed by atoms with Crippen molar-refractivity contribution in [3.63, 3.8) is 0 Å². The molecule has 0 fully saturated rings. The Labute approximate surface area is 107 Å². The summed E-state index contributed by atoms with van der Waals surface area (Å²) in [7, 11) is 1.89. The lowest BCUT2D eigenvalue weighted by molar-refractivity contribution is -0.125. The van der Waals surface area contributed by atoms with Gasteiger partial charge < -0.3 is 15.2 Å². The zero-order chi connectivity index (χ0) is 13.5. The van der Waals surface area contributed by atoms with E-state index in [1.54, 1.807) is 6.20 Å². The molecule has 0 radical (unpaired) electrons. The predicted molar refractivity (Wildman–Crippen MR) is 67.7 cm³/mol. The highest BCUT2D eigenvalue weighted by atomic mass is 16.2. The van der Waals surface area contributed by atoms with Crippen LogP contribution in [0.3, 0.4) is 0 Å². The molecule has 18 heavy (non-hydrogen) atoms. The Hall–Kier alpha value is -1.85. The molecule has 0 bridgehead atoms. The van der Waals surface area contributed by atoms with Crippen molar-refractivity contribution in [2.24, 2.45) is 7.05 Å². The molecule has 1 aromatic heterocycles. The van der Waals surface area contributed by atoms with Crippen molar-refractivity contribution >= 4 is 11.8 Å². The number of imidazole rings is 1. The summed E-state index contributed by atoms with van der Waals surface area (Å²) in [6, 6.07) is -0.115. The summed E-state index contributed by atoms with van der Waals surface area (Å²) in [4.78, 5) is 26.7. The summed E-state index contributed by atoms with van der Waals surface area (Å²) in [5.41, 5.74) is 0. The minimum Gasteiger partial charge on any atom is -0.347 e. The van der Waals surface area contributed by atoms with E-state index in [4.69, 9.17) is 0 Å². The van der Waals surface area contributed by atoms with Crippen molar-refractivity contribution < 1.29 is 9.59 Å². The summed E-state index contributed by atoms with van der Waals surface area (Å²) in [6.07, 6.45) is 5.31. The molecule has 1 aromatic rings. The SMILES string of the molecule is CCC[C@H](NC(=O)CNC(C)=O)c1nccn1C. The second-order valence-corrected chi connectivity index (χ2v) is 4.21. The smallest absolute Gasteiger partial charge is 0.239 e. The molecule has 2 amide bonds. The zero-order valence-electron chi connectivity index (χ0n) is 11.1. The van der Waals surface area contributed by atoms with Crippen LogP contribution in [0.2, 0.25) is 0 Å². The average Bonchev–Trinajstić information content (AvgIpc) is 2.72. The molecule has 2 N–H and O–H groups in total. The summed E-state index contributed by atoms with van der Waals surface area (Å²) in [6.45, 7) is 3.44. The fraction of sp³-hybridized carbons (Fsp3) is 0.583. The molecular weight excluding hydrogens is 232 g/mol. The number of aromatic nitrogens is 2. The van der Waals surface area contributed by atoms with E-state index in [2.05, 4.69) is 22.5 Å². The maximum absolute atomic E-state index is 11.7. The van der Waals surface area contributed by atoms with Gasteiger partial charge in [0, 0.05) is 26.4 Å². The second-order valence-electron chi connectivity index (χ2n) is 4.21. The highest BCUT2D eigenvalue weighted by Gasteiger charge is 2.17. The monoisotopic (exact) mass is 252 g/mol. The van der Waals surface area contributed by atoms with Gasteiger partial charge in [-0.15, -0.1) is 0 Å². The van der Waals surface area contributed by atoms with Crippen LogP contribution in [0.4, 0.5) is 0 Å². The first-order chi connectivity index (χ1) is 8.54. The van der Waals surface area contributed by atoms with Crippen LogP contribution in [0.25, 0.3) is 0 Å². The summed E-state index contributed by atoms with van der Waals surface area (Å²) in [5, 5.41) is 5.35. The second kappa shape index (κ2) is 6.78. The predicted octanol–water partition coefficient (Wildman–Crippen LogP) is 0.514. The van der Waals surface area contributed by atoms with Gasteiger partial charge in [-0.05, 0) is 6.42 Å². The van der Waals surface area contributed by atoms with Crippen LogP contribution in [0, 0.1) is 0 Å². The maximum Gasteiger partial charge on any atom is 0.239 e. The number of carbonyl (C=O) groups excluding carboxylic acids is 2. The van der Waals surface area contributed by atoms with E-state index < -0.39 is 0 Å². The first-order valence-corrected chi connectivity index (χ1v) is 6.05. The molecule has 100 valence electrons. The molecule has 0 saturated heterocycles. The van der Waals surface area contributed by atoms with E-state index in [0.717, 1.165) is 18.7 Å². The van der Waals surface area contributed by atoms with Gasteiger partial charge in [-0.1, -0.05) is 13.3 Å². The highest BCUT2D eigenvalue weighted by Crippen LogP contribution is 2.15. The van der Waals surface area contributed by atoms with Crippen LogP contribution in [0.5, 0.6) is 0 Å². The quantitative estimate of drug-likeness (QED) is 0.774. The molecule has 0 aliphatic rings. The van der Waals surface area contributed by atoms with Crippen LogP contribution < -0.4 is 10.6 Å². The largest absolute Gasteiger partial charge is 0.347 e. The van der Waals surface area contributed by atoms with Gasteiger partial charge in [-0.2, -0.15) is 0 Å². The normalized spacial score (nSPS) is 11.9. The molecule has 0 aliphatic carbocycles. The number of carbonyl (C=O) groups is 2. The topological polar surface area (TPSA) is 76.0 Å². The van der Waals surface area contributed by atoms with Crippen molar-refractivity contribution in [3.05, 3.63) is 18.2 Å². The third kappa shape index (κ3) is 4.20. The van der Waals surface area contributed by atoms with E-state index >= 15 is 0 Å². The number of nitrogens with one attached hydrogen (secondary N) is 2. The Morgan fingerprint density at radius 2 is 2.22 bits per heavy atom. The molecule has 0 aromatic carbocycles. The number of amides is 2. The molecule has 0 spiro atoms. The summed E-state index contributed by atoms with van der Waals surface area (Å²) in [5.74, 6) is 0.411. The first kappa shape index (κ1) is 14.2. The molecule has 6 heteroatoms. The van der Waals surface area contributed by atoms with E-state index in [1.807, 2.05) is 17.8 Å². The molecule has 1 heterocycles. The van der Waals surface area contributed by atoms with Crippen LogP contribution in [0.15, 0.2) is 12.4 Å². The lowest BCUT2D eigenvalue weighted by atomic mass is 10.1. The van der Waals surface area contributed by atoms with Gasteiger partial charge in [0.25, 0.3) is 0 Å². The van der Waals surface area contributed by atoms with E-state index in [0.29, 0.717) is 0 Å². The maximum atomic E-state index is 11.7. The molecule has 6 nitrogen and oxygen atoms in total. The van der Waals surface area contributed by atoms with Crippen LogP contribution in [0.1, 0.15) is 38.6 Å². The summed E-state index contributed by atoms with van der Waals surface area (Å²) >= 11 is 0. The van der Waals surface area contributed by atoms with Crippen molar-refractivity contribution in [1.29, 1.82) is 0 Å². The molecule has 0 unspecified atom stereocenters. The zero-order valence-corrected chi connectivity index (χ0v) is 11.1. The number of aryl methyl sites for hydroxylation is 1. The highest BCUT2D eigenvalue weighted by molar-refractivity contribution is 5.83. The third-order valence-electron chi connectivity index (χ3n) is 2.58. The Bertz CT molecular complexity index is 414. The van der Waals surface area contributed by atoms with E-state index in [-0.39, 0.29) is 24.4 Å². The van der Waals surface area contributed by atoms with Crippen molar-refractivity contribution in [1.82, 2.24) is 20.2 Å². The van der Waals surface area contributed by atoms with Crippen molar-refractivity contribution in [2.75, 3.05) is 6.54 Å². The average molecular weight is 252 g/mol. The van der Waals surface area contributed by atoms with Crippen LogP contribution in [-0.2, 0) is 16.6 Å². The van der Waals surface area contributed by atoms with Gasteiger partial charge in [0.1, 0.15) is 5.82 Å². The van der Waals surface area contributed by atoms with E-state index in [1.165, 1.54) is 6.92 Å². The number of hydrogen-bond acceptors (Lipinski definition) is 3. The lowest BCUT2D eigenvalue weighted by Crippen LogP contribution is -2.38. The lowest BCUT2D eigenvalue weighted by Gasteiger charge is -2.18. The van der Waals surface area contributed by atoms with Gasteiger partial charge >= 0.3 is 0 Å². The Morgan fingerprint density at radius 1 is 1.50 bits per heavy atom. The van der Waals surface area contributed by atoms with Gasteiger partial charge in [-0.3, -0.25) is 9.59 Å². The molecular formula is C12H20N4O2. The Kier molecular flexibility index (Phi) is 5.35.